The summed E-state index contributed by atoms with van der Waals surface area (Å²) in [5.74, 6) is 0. The van der Waals surface area contributed by atoms with Gasteiger partial charge in [0.05, 0.1) is 32.0 Å². The molecule has 3 unspecified atom stereocenters. The fourth-order valence-electron chi connectivity index (χ4n) is 0.996. The Morgan fingerprint density at radius 3 is 2.00 bits per heavy atom. The van der Waals surface area contributed by atoms with E-state index in [0.717, 1.165) is 6.61 Å². The first kappa shape index (κ1) is 14.8. The van der Waals surface area contributed by atoms with Crippen molar-refractivity contribution >= 4 is 0 Å². The minimum absolute atomic E-state index is 0.0771. The Bertz CT molecular complexity index is 142. The van der Waals surface area contributed by atoms with E-state index in [4.69, 9.17) is 19.9 Å². The first-order valence-corrected chi connectivity index (χ1v) is 5.62. The predicted octanol–water partition coefficient (Wildman–Crippen LogP) is 1.18. The van der Waals surface area contributed by atoms with Gasteiger partial charge in [0.15, 0.2) is 0 Å². The average molecular weight is 219 g/mol. The normalized spacial score (nSPS) is 17.4. The molecule has 0 bridgehead atoms. The van der Waals surface area contributed by atoms with Crippen LogP contribution in [0.3, 0.4) is 0 Å². The SMILES string of the molecule is CCOCC(C)OCC(C)OCC(C)N. The van der Waals surface area contributed by atoms with Gasteiger partial charge in [-0.05, 0) is 27.7 Å². The summed E-state index contributed by atoms with van der Waals surface area (Å²) < 4.78 is 16.3. The fourth-order valence-corrected chi connectivity index (χ4v) is 0.996. The maximum absolute atomic E-state index is 5.58. The second-order valence-corrected chi connectivity index (χ2v) is 3.92. The van der Waals surface area contributed by atoms with Crippen LogP contribution in [-0.2, 0) is 14.2 Å². The van der Waals surface area contributed by atoms with Crippen LogP contribution in [0.15, 0.2) is 0 Å². The summed E-state index contributed by atoms with van der Waals surface area (Å²) >= 11 is 0. The fraction of sp³-hybridized carbons (Fsp3) is 1.00. The molecule has 0 aliphatic rings. The van der Waals surface area contributed by atoms with Crippen LogP contribution in [0.5, 0.6) is 0 Å². The van der Waals surface area contributed by atoms with Crippen molar-refractivity contribution < 1.29 is 14.2 Å². The first-order valence-electron chi connectivity index (χ1n) is 5.62. The summed E-state index contributed by atoms with van der Waals surface area (Å²) in [6.07, 6.45) is 0.200. The molecule has 0 heterocycles. The van der Waals surface area contributed by atoms with Gasteiger partial charge in [0.2, 0.25) is 0 Å². The maximum atomic E-state index is 5.58. The van der Waals surface area contributed by atoms with E-state index in [2.05, 4.69) is 0 Å². The van der Waals surface area contributed by atoms with Gasteiger partial charge in [-0.3, -0.25) is 0 Å². The van der Waals surface area contributed by atoms with Crippen molar-refractivity contribution in [3.05, 3.63) is 0 Å². The number of nitrogens with two attached hydrogens (primary N) is 1. The lowest BCUT2D eigenvalue weighted by Crippen LogP contribution is -2.28. The minimum Gasteiger partial charge on any atom is -0.379 e. The van der Waals surface area contributed by atoms with Gasteiger partial charge in [0.1, 0.15) is 0 Å². The molecule has 4 nitrogen and oxygen atoms in total. The quantitative estimate of drug-likeness (QED) is 0.632. The molecule has 3 atom stereocenters. The van der Waals surface area contributed by atoms with E-state index in [1.54, 1.807) is 0 Å². The van der Waals surface area contributed by atoms with E-state index in [1.807, 2.05) is 27.7 Å². The summed E-state index contributed by atoms with van der Waals surface area (Å²) in [7, 11) is 0. The number of hydrogen-bond acceptors (Lipinski definition) is 4. The van der Waals surface area contributed by atoms with Crippen molar-refractivity contribution in [2.75, 3.05) is 26.4 Å². The molecule has 0 saturated carbocycles. The molecule has 0 aliphatic carbocycles. The Hall–Kier alpha value is -0.160. The van der Waals surface area contributed by atoms with E-state index in [1.165, 1.54) is 0 Å². The second kappa shape index (κ2) is 9.09. The zero-order valence-corrected chi connectivity index (χ0v) is 10.4. The van der Waals surface area contributed by atoms with Gasteiger partial charge in [-0.1, -0.05) is 0 Å². The Morgan fingerprint density at radius 1 is 0.933 bits per heavy atom. The third-order valence-corrected chi connectivity index (χ3v) is 1.82. The Labute approximate surface area is 93.1 Å². The summed E-state index contributed by atoms with van der Waals surface area (Å²) in [5, 5.41) is 0. The van der Waals surface area contributed by atoms with Crippen molar-refractivity contribution in [2.24, 2.45) is 5.73 Å². The van der Waals surface area contributed by atoms with Gasteiger partial charge in [0.25, 0.3) is 0 Å². The molecule has 0 spiro atoms. The molecular formula is C11H25NO3. The molecule has 92 valence electrons. The molecule has 15 heavy (non-hydrogen) atoms. The number of rotatable bonds is 9. The highest BCUT2D eigenvalue weighted by molar-refractivity contribution is 4.55. The standard InChI is InChI=1S/C11H25NO3/c1-5-13-7-10(3)15-8-11(4)14-6-9(2)12/h9-11H,5-8,12H2,1-4H3. The summed E-state index contributed by atoms with van der Waals surface area (Å²) in [6, 6.07) is 0.0771. The molecule has 0 aromatic rings. The van der Waals surface area contributed by atoms with Crippen LogP contribution in [0.25, 0.3) is 0 Å². The lowest BCUT2D eigenvalue weighted by Gasteiger charge is -2.18. The highest BCUT2D eigenvalue weighted by atomic mass is 16.6. The lowest BCUT2D eigenvalue weighted by atomic mass is 10.3. The minimum atomic E-state index is 0.0771. The summed E-state index contributed by atoms with van der Waals surface area (Å²) in [6.45, 7) is 10.4. The second-order valence-electron chi connectivity index (χ2n) is 3.92. The first-order chi connectivity index (χ1) is 7.06. The van der Waals surface area contributed by atoms with Crippen molar-refractivity contribution in [1.82, 2.24) is 0 Å². The van der Waals surface area contributed by atoms with E-state index in [9.17, 15) is 0 Å². The van der Waals surface area contributed by atoms with Gasteiger partial charge >= 0.3 is 0 Å². The highest BCUT2D eigenvalue weighted by Gasteiger charge is 2.07. The van der Waals surface area contributed by atoms with Gasteiger partial charge < -0.3 is 19.9 Å². The third-order valence-electron chi connectivity index (χ3n) is 1.82. The van der Waals surface area contributed by atoms with Crippen molar-refractivity contribution in [1.29, 1.82) is 0 Å². The van der Waals surface area contributed by atoms with E-state index in [0.29, 0.717) is 19.8 Å². The topological polar surface area (TPSA) is 53.7 Å². The van der Waals surface area contributed by atoms with Gasteiger partial charge in [0, 0.05) is 12.6 Å². The van der Waals surface area contributed by atoms with Crippen molar-refractivity contribution in [3.8, 4) is 0 Å². The number of hydrogen-bond donors (Lipinski definition) is 1. The van der Waals surface area contributed by atoms with E-state index >= 15 is 0 Å². The van der Waals surface area contributed by atoms with E-state index < -0.39 is 0 Å². The monoisotopic (exact) mass is 219 g/mol. The van der Waals surface area contributed by atoms with Crippen LogP contribution in [0.4, 0.5) is 0 Å². The van der Waals surface area contributed by atoms with Gasteiger partial charge in [-0.25, -0.2) is 0 Å². The van der Waals surface area contributed by atoms with Crippen molar-refractivity contribution in [2.45, 2.75) is 45.9 Å². The van der Waals surface area contributed by atoms with Crippen LogP contribution in [-0.4, -0.2) is 44.7 Å². The highest BCUT2D eigenvalue weighted by Crippen LogP contribution is 1.98. The molecular weight excluding hydrogens is 194 g/mol. The summed E-state index contributed by atoms with van der Waals surface area (Å²) in [4.78, 5) is 0. The zero-order chi connectivity index (χ0) is 11.7. The molecule has 0 aliphatic heterocycles. The van der Waals surface area contributed by atoms with Crippen LogP contribution >= 0.6 is 0 Å². The third kappa shape index (κ3) is 10.1. The molecule has 4 heteroatoms. The Balaban J connectivity index is 3.39. The van der Waals surface area contributed by atoms with Gasteiger partial charge in [-0.15, -0.1) is 0 Å². The van der Waals surface area contributed by atoms with Crippen molar-refractivity contribution in [3.63, 3.8) is 0 Å². The Kier molecular flexibility index (Phi) is 9.00. The smallest absolute Gasteiger partial charge is 0.0781 e. The Morgan fingerprint density at radius 2 is 1.47 bits per heavy atom. The molecule has 0 radical (unpaired) electrons. The zero-order valence-electron chi connectivity index (χ0n) is 10.4. The van der Waals surface area contributed by atoms with Crippen LogP contribution in [0.1, 0.15) is 27.7 Å². The number of ether oxygens (including phenoxy) is 3. The summed E-state index contributed by atoms with van der Waals surface area (Å²) in [5.41, 5.74) is 5.58. The maximum Gasteiger partial charge on any atom is 0.0781 e. The molecule has 0 aromatic heterocycles. The predicted molar refractivity (Wildman–Crippen MR) is 61.0 cm³/mol. The van der Waals surface area contributed by atoms with E-state index in [-0.39, 0.29) is 18.2 Å². The molecule has 0 saturated heterocycles. The molecule has 0 rings (SSSR count). The molecule has 0 aromatic carbocycles. The average Bonchev–Trinajstić information content (AvgIpc) is 2.20. The van der Waals surface area contributed by atoms with Crippen LogP contribution in [0.2, 0.25) is 0 Å². The largest absolute Gasteiger partial charge is 0.379 e. The molecule has 0 fully saturated rings. The molecule has 2 N–H and O–H groups in total. The molecule has 0 amide bonds. The van der Waals surface area contributed by atoms with Crippen LogP contribution < -0.4 is 5.73 Å². The van der Waals surface area contributed by atoms with Gasteiger partial charge in [-0.2, -0.15) is 0 Å². The lowest BCUT2D eigenvalue weighted by molar-refractivity contribution is -0.0571. The van der Waals surface area contributed by atoms with Crippen LogP contribution in [0, 0.1) is 0 Å².